The van der Waals surface area contributed by atoms with Crippen molar-refractivity contribution < 1.29 is 0 Å². The molecule has 1 aromatic heterocycles. The lowest BCUT2D eigenvalue weighted by molar-refractivity contribution is 0.730. The molecule has 0 aliphatic carbocycles. The molecule has 0 N–H and O–H groups in total. The first-order chi connectivity index (χ1) is 6.20. The van der Waals surface area contributed by atoms with E-state index in [1.165, 1.54) is 43.0 Å². The van der Waals surface area contributed by atoms with Gasteiger partial charge in [-0.3, -0.25) is 4.68 Å². The van der Waals surface area contributed by atoms with Gasteiger partial charge in [-0.05, 0) is 26.7 Å². The lowest BCUT2D eigenvalue weighted by Crippen LogP contribution is -2.19. The summed E-state index contributed by atoms with van der Waals surface area (Å²) in [5.41, 5.74) is 3.82. The van der Waals surface area contributed by atoms with Crippen LogP contribution in [0.3, 0.4) is 0 Å². The Kier molecular flexibility index (Phi) is 2.02. The number of nitrogens with zero attached hydrogens (tertiary/aromatic N) is 3. The Balaban J connectivity index is 2.37. The molecule has 2 heterocycles. The highest BCUT2D eigenvalue weighted by Gasteiger charge is 2.19. The molecule has 0 aromatic carbocycles. The van der Waals surface area contributed by atoms with Crippen LogP contribution >= 0.6 is 0 Å². The van der Waals surface area contributed by atoms with Gasteiger partial charge in [0, 0.05) is 20.1 Å². The molecule has 0 bridgehead atoms. The summed E-state index contributed by atoms with van der Waals surface area (Å²) in [6.45, 7) is 6.65. The third-order valence-electron chi connectivity index (χ3n) is 2.89. The van der Waals surface area contributed by atoms with E-state index in [1.54, 1.807) is 0 Å². The summed E-state index contributed by atoms with van der Waals surface area (Å²) >= 11 is 0. The van der Waals surface area contributed by atoms with Crippen molar-refractivity contribution in [2.45, 2.75) is 26.7 Å². The molecule has 0 unspecified atom stereocenters. The molecule has 0 amide bonds. The van der Waals surface area contributed by atoms with Gasteiger partial charge in [-0.25, -0.2) is 0 Å². The van der Waals surface area contributed by atoms with E-state index in [0.29, 0.717) is 0 Å². The third-order valence-corrected chi connectivity index (χ3v) is 2.89. The lowest BCUT2D eigenvalue weighted by atomic mass is 10.3. The van der Waals surface area contributed by atoms with E-state index < -0.39 is 0 Å². The second-order valence-electron chi connectivity index (χ2n) is 3.84. The van der Waals surface area contributed by atoms with Gasteiger partial charge in [-0.1, -0.05) is 0 Å². The van der Waals surface area contributed by atoms with Crippen LogP contribution in [0.2, 0.25) is 0 Å². The summed E-state index contributed by atoms with van der Waals surface area (Å²) in [7, 11) is 2.02. The SMILES string of the molecule is Cc1nn(C)c(C)c1N1CCCC1. The van der Waals surface area contributed by atoms with Gasteiger partial charge in [0.15, 0.2) is 0 Å². The van der Waals surface area contributed by atoms with Crippen molar-refractivity contribution in [1.82, 2.24) is 9.78 Å². The molecular weight excluding hydrogens is 162 g/mol. The number of aryl methyl sites for hydroxylation is 2. The van der Waals surface area contributed by atoms with E-state index in [2.05, 4.69) is 23.8 Å². The van der Waals surface area contributed by atoms with Crippen molar-refractivity contribution in [1.29, 1.82) is 0 Å². The molecule has 0 radical (unpaired) electrons. The highest BCUT2D eigenvalue weighted by Crippen LogP contribution is 2.26. The minimum Gasteiger partial charge on any atom is -0.369 e. The lowest BCUT2D eigenvalue weighted by Gasteiger charge is -2.17. The monoisotopic (exact) mass is 179 g/mol. The zero-order valence-electron chi connectivity index (χ0n) is 8.67. The van der Waals surface area contributed by atoms with Crippen LogP contribution in [0.1, 0.15) is 24.2 Å². The fourth-order valence-electron chi connectivity index (χ4n) is 2.16. The molecule has 1 aliphatic heterocycles. The third kappa shape index (κ3) is 1.32. The van der Waals surface area contributed by atoms with Crippen LogP contribution in [0.15, 0.2) is 0 Å². The fourth-order valence-corrected chi connectivity index (χ4v) is 2.16. The van der Waals surface area contributed by atoms with Gasteiger partial charge in [-0.15, -0.1) is 0 Å². The summed E-state index contributed by atoms with van der Waals surface area (Å²) < 4.78 is 1.98. The zero-order valence-corrected chi connectivity index (χ0v) is 8.67. The first kappa shape index (κ1) is 8.60. The second kappa shape index (κ2) is 3.05. The maximum Gasteiger partial charge on any atom is 0.0829 e. The summed E-state index contributed by atoms with van der Waals surface area (Å²) in [4.78, 5) is 2.46. The molecule has 1 aliphatic rings. The van der Waals surface area contributed by atoms with Gasteiger partial charge >= 0.3 is 0 Å². The Morgan fingerprint density at radius 2 is 1.77 bits per heavy atom. The number of hydrogen-bond acceptors (Lipinski definition) is 2. The topological polar surface area (TPSA) is 21.1 Å². The van der Waals surface area contributed by atoms with E-state index in [0.717, 1.165) is 0 Å². The van der Waals surface area contributed by atoms with Gasteiger partial charge in [0.05, 0.1) is 17.1 Å². The van der Waals surface area contributed by atoms with Gasteiger partial charge < -0.3 is 4.90 Å². The van der Waals surface area contributed by atoms with Crippen molar-refractivity contribution >= 4 is 5.69 Å². The van der Waals surface area contributed by atoms with E-state index in [9.17, 15) is 0 Å². The number of aromatic nitrogens is 2. The van der Waals surface area contributed by atoms with E-state index in [-0.39, 0.29) is 0 Å². The van der Waals surface area contributed by atoms with Crippen LogP contribution in [-0.4, -0.2) is 22.9 Å². The number of anilines is 1. The smallest absolute Gasteiger partial charge is 0.0829 e. The summed E-state index contributed by atoms with van der Waals surface area (Å²) in [5, 5.41) is 4.43. The Labute approximate surface area is 79.3 Å². The maximum absolute atomic E-state index is 4.43. The predicted molar refractivity (Wildman–Crippen MR) is 54.1 cm³/mol. The molecule has 0 atom stereocenters. The van der Waals surface area contributed by atoms with Gasteiger partial charge in [-0.2, -0.15) is 5.10 Å². The van der Waals surface area contributed by atoms with Gasteiger partial charge in [0.2, 0.25) is 0 Å². The minimum atomic E-state index is 1.17. The van der Waals surface area contributed by atoms with Crippen LogP contribution in [0.25, 0.3) is 0 Å². The van der Waals surface area contributed by atoms with Crippen LogP contribution in [0, 0.1) is 13.8 Å². The quantitative estimate of drug-likeness (QED) is 0.653. The molecule has 1 fully saturated rings. The molecule has 1 saturated heterocycles. The molecule has 0 spiro atoms. The second-order valence-corrected chi connectivity index (χ2v) is 3.84. The molecule has 3 nitrogen and oxygen atoms in total. The molecule has 2 rings (SSSR count). The van der Waals surface area contributed by atoms with Crippen LogP contribution < -0.4 is 4.90 Å². The van der Waals surface area contributed by atoms with E-state index in [4.69, 9.17) is 0 Å². The van der Waals surface area contributed by atoms with Crippen LogP contribution in [0.4, 0.5) is 5.69 Å². The first-order valence-corrected chi connectivity index (χ1v) is 4.95. The van der Waals surface area contributed by atoms with Crippen molar-refractivity contribution in [3.05, 3.63) is 11.4 Å². The molecular formula is C10H17N3. The Bertz CT molecular complexity index is 308. The summed E-state index contributed by atoms with van der Waals surface area (Å²) in [5.74, 6) is 0. The van der Waals surface area contributed by atoms with Crippen LogP contribution in [0.5, 0.6) is 0 Å². The molecule has 0 saturated carbocycles. The number of hydrogen-bond donors (Lipinski definition) is 0. The summed E-state index contributed by atoms with van der Waals surface area (Å²) in [6.07, 6.45) is 2.65. The standard InChI is InChI=1S/C10H17N3/c1-8-10(9(2)12(3)11-8)13-6-4-5-7-13/h4-7H2,1-3H3. The highest BCUT2D eigenvalue weighted by molar-refractivity contribution is 5.55. The molecule has 72 valence electrons. The molecule has 1 aromatic rings. The molecule has 13 heavy (non-hydrogen) atoms. The van der Waals surface area contributed by atoms with Crippen LogP contribution in [-0.2, 0) is 7.05 Å². The van der Waals surface area contributed by atoms with E-state index in [1.807, 2.05) is 11.7 Å². The van der Waals surface area contributed by atoms with Crippen molar-refractivity contribution in [3.8, 4) is 0 Å². The Morgan fingerprint density at radius 1 is 1.15 bits per heavy atom. The van der Waals surface area contributed by atoms with Gasteiger partial charge in [0.25, 0.3) is 0 Å². The summed E-state index contributed by atoms with van der Waals surface area (Å²) in [6, 6.07) is 0. The average Bonchev–Trinajstić information content (AvgIpc) is 2.63. The van der Waals surface area contributed by atoms with E-state index >= 15 is 0 Å². The highest BCUT2D eigenvalue weighted by atomic mass is 15.3. The normalized spacial score (nSPS) is 17.0. The predicted octanol–water partition coefficient (Wildman–Crippen LogP) is 1.64. The Morgan fingerprint density at radius 3 is 2.23 bits per heavy atom. The van der Waals surface area contributed by atoms with Gasteiger partial charge in [0.1, 0.15) is 0 Å². The minimum absolute atomic E-state index is 1.17. The molecule has 3 heteroatoms. The largest absolute Gasteiger partial charge is 0.369 e. The first-order valence-electron chi connectivity index (χ1n) is 4.95. The zero-order chi connectivity index (χ0) is 9.42. The van der Waals surface area contributed by atoms with Crippen molar-refractivity contribution in [3.63, 3.8) is 0 Å². The fraction of sp³-hybridized carbons (Fsp3) is 0.700. The average molecular weight is 179 g/mol. The maximum atomic E-state index is 4.43. The van der Waals surface area contributed by atoms with Crippen molar-refractivity contribution in [2.24, 2.45) is 7.05 Å². The number of rotatable bonds is 1. The Hall–Kier alpha value is -0.990. The van der Waals surface area contributed by atoms with Crippen molar-refractivity contribution in [2.75, 3.05) is 18.0 Å².